The highest BCUT2D eigenvalue weighted by Crippen LogP contribution is 2.32. The first kappa shape index (κ1) is 22.8. The van der Waals surface area contributed by atoms with Crippen molar-refractivity contribution in [1.82, 2.24) is 9.97 Å². The summed E-state index contributed by atoms with van der Waals surface area (Å²) in [7, 11) is 0. The first-order valence-corrected chi connectivity index (χ1v) is 11.1. The van der Waals surface area contributed by atoms with E-state index in [9.17, 15) is 9.59 Å². The number of para-hydroxylation sites is 1. The van der Waals surface area contributed by atoms with Crippen molar-refractivity contribution >= 4 is 17.5 Å². The number of aromatic amines is 1. The van der Waals surface area contributed by atoms with Crippen LogP contribution in [-0.4, -0.2) is 28.3 Å². The molecule has 3 aromatic carbocycles. The molecule has 0 aliphatic carbocycles. The van der Waals surface area contributed by atoms with E-state index in [2.05, 4.69) is 22.4 Å². The Kier molecular flexibility index (Phi) is 6.73. The predicted molar refractivity (Wildman–Crippen MR) is 134 cm³/mol. The van der Waals surface area contributed by atoms with Crippen molar-refractivity contribution in [3.05, 3.63) is 107 Å². The molecule has 0 bridgehead atoms. The maximum atomic E-state index is 12.0. The second kappa shape index (κ2) is 10.0. The van der Waals surface area contributed by atoms with E-state index in [4.69, 9.17) is 16.5 Å². The van der Waals surface area contributed by atoms with Gasteiger partial charge in [-0.05, 0) is 48.2 Å². The largest absolute Gasteiger partial charge is 0.384 e. The second-order valence-electron chi connectivity index (χ2n) is 8.03. The number of amides is 2. The van der Waals surface area contributed by atoms with E-state index in [-0.39, 0.29) is 5.92 Å². The smallest absolute Gasteiger partial charge is 0.250 e. The van der Waals surface area contributed by atoms with Gasteiger partial charge in [-0.25, -0.2) is 4.98 Å². The maximum Gasteiger partial charge on any atom is 0.250 e. The summed E-state index contributed by atoms with van der Waals surface area (Å²) in [6.45, 7) is 2.65. The lowest BCUT2D eigenvalue weighted by Gasteiger charge is -2.20. The fourth-order valence-corrected chi connectivity index (χ4v) is 4.11. The van der Waals surface area contributed by atoms with Gasteiger partial charge in [0.15, 0.2) is 0 Å². The van der Waals surface area contributed by atoms with Gasteiger partial charge < -0.3 is 21.8 Å². The summed E-state index contributed by atoms with van der Waals surface area (Å²) in [4.78, 5) is 31.6. The molecule has 0 aliphatic heterocycles. The standard InChI is InChI=1S/C27H27N5O2/c1-2-30-24-20(9-6-10-21(24)26(29)34)15-22(17-7-4-3-5-8-17)27-31-16-23(32-27)18-11-13-19(14-12-18)25(28)33/h3-14,16,22,30H,2,15H2,1H3,(H2,28,33)(H2,29,34)(H,31,32)/t22-/m0/s1. The Morgan fingerprint density at radius 1 is 0.941 bits per heavy atom. The van der Waals surface area contributed by atoms with Crippen molar-refractivity contribution in [3.63, 3.8) is 0 Å². The Balaban J connectivity index is 1.73. The lowest BCUT2D eigenvalue weighted by Crippen LogP contribution is -2.17. The molecule has 6 N–H and O–H groups in total. The Labute approximate surface area is 198 Å². The van der Waals surface area contributed by atoms with Crippen LogP contribution in [0.15, 0.2) is 79.0 Å². The molecule has 0 aliphatic rings. The highest BCUT2D eigenvalue weighted by molar-refractivity contribution is 5.99. The molecule has 0 unspecified atom stereocenters. The third kappa shape index (κ3) is 4.83. The maximum absolute atomic E-state index is 12.0. The number of carbonyl (C=O) groups excluding carboxylic acids is 2. The van der Waals surface area contributed by atoms with Gasteiger partial charge in [-0.1, -0.05) is 54.6 Å². The van der Waals surface area contributed by atoms with Gasteiger partial charge >= 0.3 is 0 Å². The van der Waals surface area contributed by atoms with Crippen LogP contribution >= 0.6 is 0 Å². The molecule has 1 atom stereocenters. The summed E-state index contributed by atoms with van der Waals surface area (Å²) in [6.07, 6.45) is 2.40. The third-order valence-corrected chi connectivity index (χ3v) is 5.80. The third-order valence-electron chi connectivity index (χ3n) is 5.80. The van der Waals surface area contributed by atoms with Gasteiger partial charge in [0.1, 0.15) is 5.82 Å². The van der Waals surface area contributed by atoms with Gasteiger partial charge in [0.05, 0.1) is 23.1 Å². The number of hydrogen-bond donors (Lipinski definition) is 4. The Morgan fingerprint density at radius 2 is 1.68 bits per heavy atom. The highest BCUT2D eigenvalue weighted by Gasteiger charge is 2.22. The fraction of sp³-hybridized carbons (Fsp3) is 0.148. The molecule has 4 aromatic rings. The molecule has 0 saturated carbocycles. The number of nitrogens with zero attached hydrogens (tertiary/aromatic N) is 1. The molecule has 7 nitrogen and oxygen atoms in total. The van der Waals surface area contributed by atoms with Crippen molar-refractivity contribution in [1.29, 1.82) is 0 Å². The van der Waals surface area contributed by atoms with Crippen LogP contribution < -0.4 is 16.8 Å². The molecule has 0 saturated heterocycles. The number of imidazole rings is 1. The van der Waals surface area contributed by atoms with Gasteiger partial charge in [-0.3, -0.25) is 9.59 Å². The van der Waals surface area contributed by atoms with Gasteiger partial charge in [0.2, 0.25) is 5.91 Å². The van der Waals surface area contributed by atoms with Crippen LogP contribution in [0.2, 0.25) is 0 Å². The van der Waals surface area contributed by atoms with E-state index in [1.54, 1.807) is 24.4 Å². The van der Waals surface area contributed by atoms with Crippen molar-refractivity contribution in [3.8, 4) is 11.3 Å². The van der Waals surface area contributed by atoms with Crippen LogP contribution in [0.5, 0.6) is 0 Å². The van der Waals surface area contributed by atoms with Crippen molar-refractivity contribution in [2.45, 2.75) is 19.3 Å². The topological polar surface area (TPSA) is 127 Å². The fourth-order valence-electron chi connectivity index (χ4n) is 4.11. The zero-order valence-corrected chi connectivity index (χ0v) is 18.9. The number of nitrogens with two attached hydrogens (primary N) is 2. The van der Waals surface area contributed by atoms with E-state index in [0.29, 0.717) is 24.1 Å². The predicted octanol–water partition coefficient (Wildman–Crippen LogP) is 4.08. The Hall–Kier alpha value is -4.39. The number of anilines is 1. The lowest BCUT2D eigenvalue weighted by atomic mass is 9.89. The zero-order chi connectivity index (χ0) is 24.1. The SMILES string of the molecule is CCNc1c(C[C@@H](c2ccccc2)c2ncc(-c3ccc(C(N)=O)cc3)[nH]2)cccc1C(N)=O. The van der Waals surface area contributed by atoms with Gasteiger partial charge in [0.25, 0.3) is 5.91 Å². The molecule has 1 aromatic heterocycles. The first-order valence-electron chi connectivity index (χ1n) is 11.1. The zero-order valence-electron chi connectivity index (χ0n) is 18.9. The summed E-state index contributed by atoms with van der Waals surface area (Å²) in [5.41, 5.74) is 16.5. The molecule has 1 heterocycles. The van der Waals surface area contributed by atoms with E-state index in [1.807, 2.05) is 49.4 Å². The number of nitrogens with one attached hydrogen (secondary N) is 2. The van der Waals surface area contributed by atoms with E-state index < -0.39 is 11.8 Å². The normalized spacial score (nSPS) is 11.7. The van der Waals surface area contributed by atoms with Gasteiger partial charge in [0, 0.05) is 18.0 Å². The number of hydrogen-bond acceptors (Lipinski definition) is 4. The minimum atomic E-state index is -0.464. The monoisotopic (exact) mass is 453 g/mol. The van der Waals surface area contributed by atoms with Crippen molar-refractivity contribution < 1.29 is 9.59 Å². The number of primary amides is 2. The molecule has 0 radical (unpaired) electrons. The van der Waals surface area contributed by atoms with E-state index >= 15 is 0 Å². The van der Waals surface area contributed by atoms with Crippen LogP contribution in [-0.2, 0) is 6.42 Å². The number of benzene rings is 3. The van der Waals surface area contributed by atoms with E-state index in [1.165, 1.54) is 0 Å². The Morgan fingerprint density at radius 3 is 2.32 bits per heavy atom. The van der Waals surface area contributed by atoms with E-state index in [0.717, 1.165) is 33.9 Å². The van der Waals surface area contributed by atoms with Gasteiger partial charge in [-0.15, -0.1) is 0 Å². The first-order chi connectivity index (χ1) is 16.5. The van der Waals surface area contributed by atoms with Crippen LogP contribution in [0, 0.1) is 0 Å². The summed E-state index contributed by atoms with van der Waals surface area (Å²) < 4.78 is 0. The van der Waals surface area contributed by atoms with Crippen LogP contribution in [0.1, 0.15) is 50.5 Å². The molecule has 2 amide bonds. The molecule has 7 heteroatoms. The molecular weight excluding hydrogens is 426 g/mol. The average Bonchev–Trinajstić information content (AvgIpc) is 3.34. The lowest BCUT2D eigenvalue weighted by molar-refractivity contribution is 0.0992. The second-order valence-corrected chi connectivity index (χ2v) is 8.03. The molecular formula is C27H27N5O2. The number of H-pyrrole nitrogens is 1. The van der Waals surface area contributed by atoms with Crippen LogP contribution in [0.4, 0.5) is 5.69 Å². The number of aromatic nitrogens is 2. The molecule has 4 rings (SSSR count). The minimum Gasteiger partial charge on any atom is -0.384 e. The Bertz CT molecular complexity index is 1300. The van der Waals surface area contributed by atoms with Crippen molar-refractivity contribution in [2.75, 3.05) is 11.9 Å². The van der Waals surface area contributed by atoms with Crippen molar-refractivity contribution in [2.24, 2.45) is 11.5 Å². The summed E-state index contributed by atoms with van der Waals surface area (Å²) >= 11 is 0. The van der Waals surface area contributed by atoms with Crippen LogP contribution in [0.3, 0.4) is 0 Å². The summed E-state index contributed by atoms with van der Waals surface area (Å²) in [5.74, 6) is -0.211. The summed E-state index contributed by atoms with van der Waals surface area (Å²) in [5, 5.41) is 3.31. The molecule has 0 spiro atoms. The molecule has 172 valence electrons. The molecule has 0 fully saturated rings. The average molecular weight is 454 g/mol. The van der Waals surface area contributed by atoms with Gasteiger partial charge in [-0.2, -0.15) is 0 Å². The highest BCUT2D eigenvalue weighted by atomic mass is 16.1. The molecule has 34 heavy (non-hydrogen) atoms. The minimum absolute atomic E-state index is 0.0830. The number of carbonyl (C=O) groups is 2. The van der Waals surface area contributed by atoms with Crippen LogP contribution in [0.25, 0.3) is 11.3 Å². The summed E-state index contributed by atoms with van der Waals surface area (Å²) in [6, 6.07) is 22.8. The quantitative estimate of drug-likeness (QED) is 0.304. The number of rotatable bonds is 9.